The molecule has 3 aliphatic heterocycles. The van der Waals surface area contributed by atoms with Gasteiger partial charge in [-0.15, -0.1) is 11.8 Å². The van der Waals surface area contributed by atoms with E-state index in [0.29, 0.717) is 92.7 Å². The van der Waals surface area contributed by atoms with Gasteiger partial charge in [-0.1, -0.05) is 35.9 Å². The van der Waals surface area contributed by atoms with E-state index < -0.39 is 0 Å². The molecule has 3 aromatic carbocycles. The van der Waals surface area contributed by atoms with Gasteiger partial charge in [-0.25, -0.2) is 15.0 Å². The van der Waals surface area contributed by atoms with Crippen molar-refractivity contribution in [1.82, 2.24) is 74.6 Å². The lowest BCUT2D eigenvalue weighted by molar-refractivity contribution is 0.0368. The van der Waals surface area contributed by atoms with Gasteiger partial charge in [0.2, 0.25) is 17.6 Å². The van der Waals surface area contributed by atoms with E-state index in [1.165, 1.54) is 26.2 Å². The minimum absolute atomic E-state index is 0.0300. The molecule has 0 saturated carbocycles. The van der Waals surface area contributed by atoms with Gasteiger partial charge in [0.1, 0.15) is 53.2 Å². The molecule has 0 aliphatic carbocycles. The van der Waals surface area contributed by atoms with E-state index in [0.717, 1.165) is 54.5 Å². The minimum Gasteiger partial charge on any atom is -0.472 e. The first-order valence-electron chi connectivity index (χ1n) is 29.8. The van der Waals surface area contributed by atoms with Gasteiger partial charge in [-0.3, -0.25) is 14.4 Å². The number of aromatic nitrogens is 12. The molecule has 9 aromatic rings. The Morgan fingerprint density at radius 2 is 0.815 bits per heavy atom. The van der Waals surface area contributed by atoms with Gasteiger partial charge in [0, 0.05) is 46.6 Å². The molecule has 468 valence electrons. The minimum atomic E-state index is -0.264. The highest BCUT2D eigenvalue weighted by Gasteiger charge is 2.36. The summed E-state index contributed by atoms with van der Waals surface area (Å²) in [6.07, 6.45) is 20.2. The first-order valence-corrected chi connectivity index (χ1v) is 31.4. The highest BCUT2D eigenvalue weighted by atomic mass is 35.5. The largest absolute Gasteiger partial charge is 0.472 e. The fraction of sp³-hybridized carbons (Fsp3) is 0.318. The number of hydrogen-bond acceptors (Lipinski definition) is 19. The van der Waals surface area contributed by atoms with Crippen molar-refractivity contribution < 1.29 is 28.6 Å². The van der Waals surface area contributed by atoms with Crippen LogP contribution in [0.3, 0.4) is 0 Å². The Morgan fingerprint density at radius 1 is 0.467 bits per heavy atom. The lowest BCUT2D eigenvalue weighted by atomic mass is 9.99. The quantitative estimate of drug-likeness (QED) is 0.0970. The number of carbonyl (C=O) groups is 3. The predicted octanol–water partition coefficient (Wildman–Crippen LogP) is 9.81. The summed E-state index contributed by atoms with van der Waals surface area (Å²) in [7, 11) is 0. The molecule has 0 bridgehead atoms. The number of pyridine rings is 3. The number of likely N-dealkylation sites (tertiary alicyclic amines) is 3. The van der Waals surface area contributed by atoms with Crippen molar-refractivity contribution in [2.75, 3.05) is 25.9 Å². The van der Waals surface area contributed by atoms with Crippen molar-refractivity contribution in [3.05, 3.63) is 190 Å². The van der Waals surface area contributed by atoms with Crippen molar-refractivity contribution in [2.24, 2.45) is 0 Å². The normalized spacial score (nSPS) is 18.5. The molecule has 9 heterocycles. The first-order chi connectivity index (χ1) is 44.7. The second-order valence-corrected chi connectivity index (χ2v) is 23.5. The van der Waals surface area contributed by atoms with Crippen LogP contribution in [0, 0.1) is 47.8 Å². The van der Waals surface area contributed by atoms with Crippen LogP contribution in [0.25, 0.3) is 17.1 Å². The molecule has 3 amide bonds. The zero-order valence-corrected chi connectivity index (χ0v) is 53.0. The number of nitrogens with zero attached hydrogens (tertiary/aromatic N) is 18. The van der Waals surface area contributed by atoms with E-state index in [4.69, 9.17) is 25.8 Å². The molecule has 24 nitrogen and oxygen atoms in total. The van der Waals surface area contributed by atoms with Gasteiger partial charge in [0.15, 0.2) is 0 Å². The summed E-state index contributed by atoms with van der Waals surface area (Å²) < 4.78 is 18.2. The SMILES string of the molecule is CSc1ccnc(O[C@@H]2CC[C@@H](C)N(C(=O)c3ccccc3-n3nccn3)C2)c1C#N.Cc1ccnc(O[C@@H]2CC[C@@H](C)N(C(=O)c3ccc(Cl)cc3-n3nccn3)C2)c1C#N.Cc1ccnc(O[C@@H]2CC[C@@H](C)N(C(=O)c3ccccc3-n3nccn3)C2)c1C#N. The van der Waals surface area contributed by atoms with Gasteiger partial charge < -0.3 is 28.9 Å². The summed E-state index contributed by atoms with van der Waals surface area (Å²) >= 11 is 7.64. The van der Waals surface area contributed by atoms with Crippen molar-refractivity contribution in [3.63, 3.8) is 0 Å². The van der Waals surface area contributed by atoms with Crippen LogP contribution in [0.2, 0.25) is 5.02 Å². The molecule has 6 aromatic heterocycles. The Morgan fingerprint density at radius 3 is 1.20 bits per heavy atom. The zero-order valence-electron chi connectivity index (χ0n) is 51.4. The van der Waals surface area contributed by atoms with Crippen molar-refractivity contribution in [3.8, 4) is 52.9 Å². The average molecular weight is 1270 g/mol. The van der Waals surface area contributed by atoms with Gasteiger partial charge in [0.05, 0.1) is 90.6 Å². The number of halogens is 1. The maximum atomic E-state index is 13.5. The van der Waals surface area contributed by atoms with Gasteiger partial charge >= 0.3 is 0 Å². The fourth-order valence-corrected chi connectivity index (χ4v) is 11.8. The third kappa shape index (κ3) is 14.7. The molecule has 0 N–H and O–H groups in total. The number of piperidine rings is 3. The summed E-state index contributed by atoms with van der Waals surface area (Å²) in [6, 6.07) is 31.7. The van der Waals surface area contributed by atoms with Crippen LogP contribution in [0.15, 0.2) is 146 Å². The van der Waals surface area contributed by atoms with Crippen LogP contribution in [0.5, 0.6) is 17.6 Å². The van der Waals surface area contributed by atoms with Crippen LogP contribution in [-0.2, 0) is 0 Å². The molecule has 12 rings (SSSR count). The third-order valence-corrected chi connectivity index (χ3v) is 17.2. The predicted molar refractivity (Wildman–Crippen MR) is 340 cm³/mol. The molecule has 3 aliphatic rings. The highest BCUT2D eigenvalue weighted by molar-refractivity contribution is 7.98. The van der Waals surface area contributed by atoms with Gasteiger partial charge in [-0.2, -0.15) is 60.8 Å². The Hall–Kier alpha value is -10.6. The van der Waals surface area contributed by atoms with Crippen LogP contribution in [0.1, 0.15) is 118 Å². The average Bonchev–Trinajstić information content (AvgIpc) is 1.25. The maximum absolute atomic E-state index is 13.5. The van der Waals surface area contributed by atoms with E-state index in [1.807, 2.05) is 87.1 Å². The van der Waals surface area contributed by atoms with Crippen LogP contribution >= 0.6 is 23.4 Å². The van der Waals surface area contributed by atoms with E-state index in [9.17, 15) is 30.2 Å². The summed E-state index contributed by atoms with van der Waals surface area (Å²) in [5.74, 6) is 0.610. The Labute approximate surface area is 540 Å². The first kappa shape index (κ1) is 64.4. The summed E-state index contributed by atoms with van der Waals surface area (Å²) in [4.78, 5) is 63.7. The standard InChI is InChI=1S/C22H21ClN6O2.C22H22N6O2S.C22H22N6O2/c1-14-7-8-25-21(19(14)12-24)31-17-5-3-15(2)28(13-17)22(30)18-6-4-16(23)11-20(18)29-26-9-10-27-29;1-15-7-8-16(30-21-18(13-23)20(31-2)9-10-24-21)14-27(15)22(29)17-5-3-4-6-19(17)28-25-11-12-26-28;1-15-9-10-24-21(19(15)13-23)30-17-8-7-16(2)27(14-17)22(29)18-5-3-4-6-20(18)28-25-11-12-26-28/h4,6-11,15,17H,3,5,13H2,1-2H3;3-6,9-12,15-16H,7-8,14H2,1-2H3;3-6,9-12,16-17H,7-8,14H2,1-2H3/t15-,17-;15-,16-;16-,17-/m111/s1. The number of nitriles is 3. The Kier molecular flexibility index (Phi) is 20.9. The van der Waals surface area contributed by atoms with E-state index in [-0.39, 0.29) is 54.2 Å². The molecule has 26 heteroatoms. The molecular formula is C66H65ClN18O6S. The van der Waals surface area contributed by atoms with Gasteiger partial charge in [0.25, 0.3) is 17.7 Å². The molecule has 0 unspecified atom stereocenters. The Bertz CT molecular complexity index is 4190. The Balaban J connectivity index is 0.000000151. The second-order valence-electron chi connectivity index (χ2n) is 22.2. The lowest BCUT2D eigenvalue weighted by Crippen LogP contribution is -2.49. The molecule has 3 saturated heterocycles. The number of para-hydroxylation sites is 2. The lowest BCUT2D eigenvalue weighted by Gasteiger charge is -2.38. The van der Waals surface area contributed by atoms with Crippen molar-refractivity contribution in [1.29, 1.82) is 15.8 Å². The number of ether oxygens (including phenoxy) is 3. The smallest absolute Gasteiger partial charge is 0.256 e. The number of rotatable bonds is 13. The fourth-order valence-electron chi connectivity index (χ4n) is 11.1. The van der Waals surface area contributed by atoms with Crippen molar-refractivity contribution in [2.45, 2.75) is 114 Å². The number of hydrogen-bond donors (Lipinski definition) is 0. The third-order valence-electron chi connectivity index (χ3n) is 16.2. The number of carbonyl (C=O) groups excluding carboxylic acids is 3. The number of benzene rings is 3. The molecule has 92 heavy (non-hydrogen) atoms. The second kappa shape index (κ2) is 29.8. The van der Waals surface area contributed by atoms with E-state index >= 15 is 0 Å². The van der Waals surface area contributed by atoms with Crippen LogP contribution in [-0.4, -0.2) is 155 Å². The monoisotopic (exact) mass is 1270 g/mol. The highest BCUT2D eigenvalue weighted by Crippen LogP contribution is 2.32. The molecule has 6 atom stereocenters. The topological polar surface area (TPSA) is 291 Å². The molecule has 0 spiro atoms. The van der Waals surface area contributed by atoms with Crippen LogP contribution in [0.4, 0.5) is 0 Å². The van der Waals surface area contributed by atoms with Crippen molar-refractivity contribution >= 4 is 41.1 Å². The summed E-state index contributed by atoms with van der Waals surface area (Å²) in [6.45, 7) is 11.0. The summed E-state index contributed by atoms with van der Waals surface area (Å²) in [5.41, 5.74) is 6.23. The number of amides is 3. The number of aryl methyl sites for hydroxylation is 2. The van der Waals surface area contributed by atoms with E-state index in [1.54, 1.807) is 109 Å². The molecule has 3 fully saturated rings. The van der Waals surface area contributed by atoms with Crippen LogP contribution < -0.4 is 14.2 Å². The molecular weight excluding hydrogens is 1210 g/mol. The summed E-state index contributed by atoms with van der Waals surface area (Å²) in [5, 5.41) is 53.9. The zero-order chi connectivity index (χ0) is 64.8. The maximum Gasteiger partial charge on any atom is 0.256 e. The van der Waals surface area contributed by atoms with Gasteiger partial charge in [-0.05, 0) is 151 Å². The number of thioether (sulfide) groups is 1. The molecule has 0 radical (unpaired) electrons. The van der Waals surface area contributed by atoms with E-state index in [2.05, 4.69) is 63.8 Å².